The van der Waals surface area contributed by atoms with Crippen molar-refractivity contribution >= 4 is 23.3 Å². The molecule has 22 heavy (non-hydrogen) atoms. The van der Waals surface area contributed by atoms with Gasteiger partial charge < -0.3 is 15.4 Å². The number of benzene rings is 1. The lowest BCUT2D eigenvalue weighted by atomic mass is 10.1. The van der Waals surface area contributed by atoms with Crippen LogP contribution in [0.25, 0.3) is 0 Å². The van der Waals surface area contributed by atoms with E-state index in [-0.39, 0.29) is 10.7 Å². The van der Waals surface area contributed by atoms with Gasteiger partial charge in [0.15, 0.2) is 0 Å². The van der Waals surface area contributed by atoms with Crippen LogP contribution in [0.2, 0.25) is 5.02 Å². The van der Waals surface area contributed by atoms with Crippen LogP contribution in [0.4, 0.5) is 23.7 Å². The van der Waals surface area contributed by atoms with Gasteiger partial charge in [-0.05, 0) is 36.6 Å². The van der Waals surface area contributed by atoms with E-state index in [2.05, 4.69) is 10.6 Å². The third kappa shape index (κ3) is 4.64. The summed E-state index contributed by atoms with van der Waals surface area (Å²) < 4.78 is 43.9. The molecule has 8 heteroatoms. The average molecular weight is 335 g/mol. The summed E-state index contributed by atoms with van der Waals surface area (Å²) in [5, 5.41) is 4.55. The van der Waals surface area contributed by atoms with Crippen molar-refractivity contribution < 1.29 is 22.7 Å². The second kappa shape index (κ2) is 7.02. The van der Waals surface area contributed by atoms with Crippen LogP contribution in [0.5, 0.6) is 0 Å². The van der Waals surface area contributed by atoms with Gasteiger partial charge in [0.05, 0.1) is 24.5 Å². The molecule has 0 saturated carbocycles. The normalized spacial score (nSPS) is 15.4. The third-order valence-corrected chi connectivity index (χ3v) is 3.31. The zero-order chi connectivity index (χ0) is 16.2. The predicted molar refractivity (Wildman–Crippen MR) is 76.7 cm³/mol. The highest BCUT2D eigenvalue weighted by molar-refractivity contribution is 6.30. The second-order valence-corrected chi connectivity index (χ2v) is 5.14. The first-order chi connectivity index (χ1) is 10.4. The highest BCUT2D eigenvalue weighted by Crippen LogP contribution is 2.36. The fraction of sp³-hybridized carbons (Fsp3) is 0.357. The van der Waals surface area contributed by atoms with Crippen molar-refractivity contribution in [2.45, 2.75) is 19.0 Å². The number of alkyl halides is 3. The molecule has 1 aromatic carbocycles. The van der Waals surface area contributed by atoms with Gasteiger partial charge >= 0.3 is 12.2 Å². The number of hydrogen-bond acceptors (Lipinski definition) is 2. The number of carbonyl (C=O) groups is 1. The molecule has 1 heterocycles. The highest BCUT2D eigenvalue weighted by atomic mass is 35.5. The van der Waals surface area contributed by atoms with E-state index in [1.807, 2.05) is 0 Å². The Bertz CT molecular complexity index is 580. The molecule has 4 nitrogen and oxygen atoms in total. The molecule has 1 aromatic rings. The largest absolute Gasteiger partial charge is 0.418 e. The number of nitrogens with one attached hydrogen (secondary N) is 2. The smallest absolute Gasteiger partial charge is 0.381 e. The average Bonchev–Trinajstić information content (AvgIpc) is 2.47. The van der Waals surface area contributed by atoms with E-state index in [0.29, 0.717) is 26.1 Å². The quantitative estimate of drug-likeness (QED) is 0.852. The molecule has 120 valence electrons. The zero-order valence-electron chi connectivity index (χ0n) is 11.5. The SMILES string of the molecule is O=C(NC=C1CCOCC1)Nc1ccc(Cl)cc1C(F)(F)F. The van der Waals surface area contributed by atoms with Crippen LogP contribution in [0, 0.1) is 0 Å². The van der Waals surface area contributed by atoms with Gasteiger partial charge in [0.25, 0.3) is 0 Å². The van der Waals surface area contributed by atoms with Crippen molar-refractivity contribution in [2.75, 3.05) is 18.5 Å². The summed E-state index contributed by atoms with van der Waals surface area (Å²) in [4.78, 5) is 11.7. The number of rotatable bonds is 2. The minimum absolute atomic E-state index is 0.0531. The predicted octanol–water partition coefficient (Wildman–Crippen LogP) is 4.17. The van der Waals surface area contributed by atoms with E-state index in [0.717, 1.165) is 17.7 Å². The summed E-state index contributed by atoms with van der Waals surface area (Å²) in [7, 11) is 0. The van der Waals surface area contributed by atoms with Crippen LogP contribution in [-0.4, -0.2) is 19.2 Å². The maximum absolute atomic E-state index is 12.9. The van der Waals surface area contributed by atoms with Crippen LogP contribution in [0.3, 0.4) is 0 Å². The van der Waals surface area contributed by atoms with E-state index < -0.39 is 17.8 Å². The summed E-state index contributed by atoms with van der Waals surface area (Å²) in [6.07, 6.45) is -1.72. The molecule has 0 atom stereocenters. The summed E-state index contributed by atoms with van der Waals surface area (Å²) >= 11 is 5.57. The molecule has 2 N–H and O–H groups in total. The molecule has 0 bridgehead atoms. The fourth-order valence-electron chi connectivity index (χ4n) is 1.96. The molecule has 2 rings (SSSR count). The Morgan fingerprint density at radius 3 is 2.59 bits per heavy atom. The van der Waals surface area contributed by atoms with Gasteiger partial charge in [-0.25, -0.2) is 4.79 Å². The van der Waals surface area contributed by atoms with Gasteiger partial charge in [0, 0.05) is 11.2 Å². The van der Waals surface area contributed by atoms with Crippen LogP contribution < -0.4 is 10.6 Å². The number of anilines is 1. The maximum Gasteiger partial charge on any atom is 0.418 e. The summed E-state index contributed by atoms with van der Waals surface area (Å²) in [5.74, 6) is 0. The van der Waals surface area contributed by atoms with Crippen molar-refractivity contribution in [1.82, 2.24) is 5.32 Å². The van der Waals surface area contributed by atoms with Crippen molar-refractivity contribution in [2.24, 2.45) is 0 Å². The lowest BCUT2D eigenvalue weighted by Crippen LogP contribution is -2.26. The van der Waals surface area contributed by atoms with Crippen molar-refractivity contribution in [3.63, 3.8) is 0 Å². The Morgan fingerprint density at radius 2 is 1.95 bits per heavy atom. The van der Waals surface area contributed by atoms with Crippen LogP contribution >= 0.6 is 11.6 Å². The summed E-state index contributed by atoms with van der Waals surface area (Å²) in [6, 6.07) is 2.43. The zero-order valence-corrected chi connectivity index (χ0v) is 12.2. The van der Waals surface area contributed by atoms with Gasteiger partial charge in [-0.1, -0.05) is 11.6 Å². The molecule has 1 saturated heterocycles. The number of halogens is 4. The first-order valence-corrected chi connectivity index (χ1v) is 6.94. The van der Waals surface area contributed by atoms with Crippen molar-refractivity contribution in [1.29, 1.82) is 0 Å². The van der Waals surface area contributed by atoms with Gasteiger partial charge in [-0.15, -0.1) is 0 Å². The van der Waals surface area contributed by atoms with Crippen LogP contribution in [0.1, 0.15) is 18.4 Å². The number of hydrogen-bond donors (Lipinski definition) is 2. The molecule has 2 amide bonds. The van der Waals surface area contributed by atoms with Crippen molar-refractivity contribution in [3.8, 4) is 0 Å². The standard InChI is InChI=1S/C14H14ClF3N2O2/c15-10-1-2-12(11(7-10)14(16,17)18)20-13(21)19-8-9-3-5-22-6-4-9/h1-2,7-8H,3-6H2,(H2,19,20,21). The van der Waals surface area contributed by atoms with Gasteiger partial charge in [-0.2, -0.15) is 13.2 Å². The molecule has 0 radical (unpaired) electrons. The molecule has 1 aliphatic rings. The fourth-order valence-corrected chi connectivity index (χ4v) is 2.14. The van der Waals surface area contributed by atoms with Gasteiger partial charge in [0.2, 0.25) is 0 Å². The summed E-state index contributed by atoms with van der Waals surface area (Å²) in [5.41, 5.74) is -0.359. The van der Waals surface area contributed by atoms with E-state index in [1.165, 1.54) is 12.3 Å². The first kappa shape index (κ1) is 16.6. The molecule has 0 spiro atoms. The topological polar surface area (TPSA) is 50.4 Å². The van der Waals surface area contributed by atoms with Gasteiger partial charge in [0.1, 0.15) is 0 Å². The van der Waals surface area contributed by atoms with Crippen LogP contribution in [0.15, 0.2) is 30.0 Å². The molecular weight excluding hydrogens is 321 g/mol. The molecule has 0 unspecified atom stereocenters. The highest BCUT2D eigenvalue weighted by Gasteiger charge is 2.34. The number of urea groups is 1. The molecule has 1 fully saturated rings. The Labute approximate surface area is 130 Å². The van der Waals surface area contributed by atoms with E-state index >= 15 is 0 Å². The Hall–Kier alpha value is -1.73. The second-order valence-electron chi connectivity index (χ2n) is 4.70. The first-order valence-electron chi connectivity index (χ1n) is 6.56. The van der Waals surface area contributed by atoms with Crippen LogP contribution in [-0.2, 0) is 10.9 Å². The minimum atomic E-state index is -4.60. The number of carbonyl (C=O) groups excluding carboxylic acids is 1. The lowest BCUT2D eigenvalue weighted by molar-refractivity contribution is -0.136. The summed E-state index contributed by atoms with van der Waals surface area (Å²) in [6.45, 7) is 1.15. The Kier molecular flexibility index (Phi) is 5.31. The molecule has 0 aromatic heterocycles. The molecule has 0 aliphatic carbocycles. The third-order valence-electron chi connectivity index (χ3n) is 3.08. The monoisotopic (exact) mass is 334 g/mol. The number of ether oxygens (including phenoxy) is 1. The lowest BCUT2D eigenvalue weighted by Gasteiger charge is -2.16. The van der Waals surface area contributed by atoms with E-state index in [9.17, 15) is 18.0 Å². The van der Waals surface area contributed by atoms with E-state index in [1.54, 1.807) is 0 Å². The minimum Gasteiger partial charge on any atom is -0.381 e. The van der Waals surface area contributed by atoms with Crippen molar-refractivity contribution in [3.05, 3.63) is 40.6 Å². The molecular formula is C14H14ClF3N2O2. The number of amides is 2. The molecule has 1 aliphatic heterocycles. The Balaban J connectivity index is 2.05. The Morgan fingerprint density at radius 1 is 1.27 bits per heavy atom. The van der Waals surface area contributed by atoms with E-state index in [4.69, 9.17) is 16.3 Å². The maximum atomic E-state index is 12.9. The van der Waals surface area contributed by atoms with Gasteiger partial charge in [-0.3, -0.25) is 0 Å².